The summed E-state index contributed by atoms with van der Waals surface area (Å²) in [5.41, 5.74) is 0. The first-order chi connectivity index (χ1) is 7.80. The molecule has 0 N–H and O–H groups in total. The first-order valence-electron chi connectivity index (χ1n) is 4.71. The van der Waals surface area contributed by atoms with Gasteiger partial charge in [-0.15, -0.1) is 4.99 Å². The zero-order valence-corrected chi connectivity index (χ0v) is 9.95. The Balaban J connectivity index is 2.70. The van der Waals surface area contributed by atoms with Crippen molar-refractivity contribution in [2.75, 3.05) is 13.7 Å². The Morgan fingerprint density at radius 1 is 1.44 bits per heavy atom. The number of nitrogens with zero attached hydrogens (tertiary/aromatic N) is 2. The predicted molar refractivity (Wildman–Crippen MR) is 63.5 cm³/mol. The van der Waals surface area contributed by atoms with Crippen molar-refractivity contribution >= 4 is 17.0 Å². The largest absolute Gasteiger partial charge is 0.497 e. The Labute approximate surface area is 98.9 Å². The molecule has 5 heteroatoms. The van der Waals surface area contributed by atoms with Crippen LogP contribution in [0, 0.1) is 11.5 Å². The van der Waals surface area contributed by atoms with E-state index in [1.54, 1.807) is 13.3 Å². The smallest absolute Gasteiger partial charge is 0.266 e. The molecule has 0 aromatic heterocycles. The average molecular weight is 236 g/mol. The molecule has 0 aliphatic rings. The molecule has 0 unspecified atom stereocenters. The third-order valence-electron chi connectivity index (χ3n) is 1.67. The first kappa shape index (κ1) is 12.4. The summed E-state index contributed by atoms with van der Waals surface area (Å²) in [6.45, 7) is 2.34. The number of thioether (sulfide) groups is 1. The number of methoxy groups -OCH3 is 1. The lowest BCUT2D eigenvalue weighted by molar-refractivity contribution is 0.338. The topological polar surface area (TPSA) is 54.6 Å². The molecule has 0 atom stereocenters. The Morgan fingerprint density at radius 3 is 2.62 bits per heavy atom. The second kappa shape index (κ2) is 6.75. The summed E-state index contributed by atoms with van der Waals surface area (Å²) in [6.07, 6.45) is 1.71. The van der Waals surface area contributed by atoms with Gasteiger partial charge in [0.2, 0.25) is 6.19 Å². The molecule has 4 nitrogen and oxygen atoms in total. The lowest BCUT2D eigenvalue weighted by Gasteiger charge is -2.05. The SMILES string of the molecule is CCOC(=NC#N)Sc1ccc(OC)cc1. The summed E-state index contributed by atoms with van der Waals surface area (Å²) < 4.78 is 10.2. The number of benzene rings is 1. The highest BCUT2D eigenvalue weighted by atomic mass is 32.2. The van der Waals surface area contributed by atoms with Crippen LogP contribution in [0.3, 0.4) is 0 Å². The van der Waals surface area contributed by atoms with Crippen LogP contribution in [0.1, 0.15) is 6.92 Å². The van der Waals surface area contributed by atoms with Crippen LogP contribution in [-0.2, 0) is 4.74 Å². The van der Waals surface area contributed by atoms with Gasteiger partial charge in [-0.3, -0.25) is 0 Å². The molecule has 0 amide bonds. The van der Waals surface area contributed by atoms with Crippen molar-refractivity contribution < 1.29 is 9.47 Å². The predicted octanol–water partition coefficient (Wildman–Crippen LogP) is 2.66. The molecule has 1 aromatic carbocycles. The van der Waals surface area contributed by atoms with Crippen molar-refractivity contribution in [1.82, 2.24) is 0 Å². The van der Waals surface area contributed by atoms with E-state index in [4.69, 9.17) is 14.7 Å². The van der Waals surface area contributed by atoms with Crippen molar-refractivity contribution in [3.05, 3.63) is 24.3 Å². The van der Waals surface area contributed by atoms with Gasteiger partial charge in [-0.05, 0) is 43.0 Å². The van der Waals surface area contributed by atoms with Crippen LogP contribution in [0.5, 0.6) is 5.75 Å². The quantitative estimate of drug-likeness (QED) is 0.350. The lowest BCUT2D eigenvalue weighted by Crippen LogP contribution is -1.98. The number of ether oxygens (including phenoxy) is 2. The maximum atomic E-state index is 8.47. The van der Waals surface area contributed by atoms with Crippen LogP contribution >= 0.6 is 11.8 Å². The van der Waals surface area contributed by atoms with Crippen LogP contribution < -0.4 is 4.74 Å². The van der Waals surface area contributed by atoms with Gasteiger partial charge in [0.1, 0.15) is 5.75 Å². The van der Waals surface area contributed by atoms with Gasteiger partial charge in [0.05, 0.1) is 13.7 Å². The molecule has 16 heavy (non-hydrogen) atoms. The third-order valence-corrected chi connectivity index (χ3v) is 2.57. The Morgan fingerprint density at radius 2 is 2.12 bits per heavy atom. The highest BCUT2D eigenvalue weighted by Gasteiger charge is 2.03. The molecule has 0 aliphatic carbocycles. The number of aliphatic imine (C=N–C) groups is 1. The highest BCUT2D eigenvalue weighted by molar-refractivity contribution is 8.13. The van der Waals surface area contributed by atoms with Crippen LogP contribution in [0.4, 0.5) is 0 Å². The molecule has 0 fully saturated rings. The fraction of sp³-hybridized carbons (Fsp3) is 0.273. The fourth-order valence-electron chi connectivity index (χ4n) is 0.993. The van der Waals surface area contributed by atoms with E-state index in [9.17, 15) is 0 Å². The minimum atomic E-state index is 0.357. The zero-order valence-electron chi connectivity index (χ0n) is 9.14. The van der Waals surface area contributed by atoms with Crippen molar-refractivity contribution in [2.24, 2.45) is 4.99 Å². The molecule has 0 radical (unpaired) electrons. The second-order valence-electron chi connectivity index (χ2n) is 2.69. The second-order valence-corrected chi connectivity index (χ2v) is 3.71. The molecule has 0 saturated carbocycles. The molecule has 0 heterocycles. The zero-order chi connectivity index (χ0) is 11.8. The molecular weight excluding hydrogens is 224 g/mol. The van der Waals surface area contributed by atoms with Crippen LogP contribution in [-0.4, -0.2) is 18.9 Å². The van der Waals surface area contributed by atoms with Gasteiger partial charge >= 0.3 is 0 Å². The van der Waals surface area contributed by atoms with E-state index in [2.05, 4.69) is 4.99 Å². The number of hydrogen-bond acceptors (Lipinski definition) is 5. The Hall–Kier alpha value is -1.67. The van der Waals surface area contributed by atoms with Gasteiger partial charge in [0.25, 0.3) is 5.23 Å². The summed E-state index contributed by atoms with van der Waals surface area (Å²) in [5, 5.41) is 8.83. The number of rotatable bonds is 3. The van der Waals surface area contributed by atoms with E-state index >= 15 is 0 Å². The van der Waals surface area contributed by atoms with E-state index in [0.29, 0.717) is 11.8 Å². The number of hydrogen-bond donors (Lipinski definition) is 0. The van der Waals surface area contributed by atoms with E-state index in [0.717, 1.165) is 10.6 Å². The normalized spacial score (nSPS) is 10.7. The maximum Gasteiger partial charge on any atom is 0.266 e. The van der Waals surface area contributed by atoms with E-state index in [1.165, 1.54) is 11.8 Å². The monoisotopic (exact) mass is 236 g/mol. The minimum Gasteiger partial charge on any atom is -0.497 e. The van der Waals surface area contributed by atoms with Gasteiger partial charge in [-0.2, -0.15) is 5.26 Å². The van der Waals surface area contributed by atoms with Gasteiger partial charge in [-0.25, -0.2) is 0 Å². The first-order valence-corrected chi connectivity index (χ1v) is 5.53. The van der Waals surface area contributed by atoms with Crippen molar-refractivity contribution in [2.45, 2.75) is 11.8 Å². The number of nitriles is 1. The van der Waals surface area contributed by atoms with Gasteiger partial charge in [-0.1, -0.05) is 0 Å². The highest BCUT2D eigenvalue weighted by Crippen LogP contribution is 2.23. The lowest BCUT2D eigenvalue weighted by atomic mass is 10.3. The molecule has 0 saturated heterocycles. The molecular formula is C11H12N2O2S. The molecule has 0 spiro atoms. The molecule has 84 valence electrons. The summed E-state index contributed by atoms with van der Waals surface area (Å²) in [7, 11) is 1.62. The van der Waals surface area contributed by atoms with Crippen molar-refractivity contribution in [3.8, 4) is 11.9 Å². The summed E-state index contributed by atoms with van der Waals surface area (Å²) in [6, 6.07) is 7.46. The van der Waals surface area contributed by atoms with Crippen LogP contribution in [0.2, 0.25) is 0 Å². The summed E-state index contributed by atoms with van der Waals surface area (Å²) in [5.74, 6) is 0.791. The molecule has 1 aromatic rings. The van der Waals surface area contributed by atoms with Gasteiger partial charge < -0.3 is 9.47 Å². The molecule has 0 aliphatic heterocycles. The fourth-order valence-corrected chi connectivity index (χ4v) is 1.73. The molecule has 1 rings (SSSR count). The van der Waals surface area contributed by atoms with Crippen molar-refractivity contribution in [3.63, 3.8) is 0 Å². The summed E-state index contributed by atoms with van der Waals surface area (Å²) >= 11 is 1.31. The van der Waals surface area contributed by atoms with Crippen LogP contribution in [0.15, 0.2) is 34.2 Å². The third kappa shape index (κ3) is 3.83. The van der Waals surface area contributed by atoms with Gasteiger partial charge in [0, 0.05) is 4.90 Å². The standard InChI is InChI=1S/C11H12N2O2S/c1-3-15-11(13-8-12)16-10-6-4-9(14-2)5-7-10/h4-7H,3H2,1-2H3. The van der Waals surface area contributed by atoms with E-state index in [-0.39, 0.29) is 0 Å². The molecule has 0 bridgehead atoms. The Bertz CT molecular complexity index is 395. The van der Waals surface area contributed by atoms with Gasteiger partial charge in [0.15, 0.2) is 0 Å². The van der Waals surface area contributed by atoms with Crippen LogP contribution in [0.25, 0.3) is 0 Å². The minimum absolute atomic E-state index is 0.357. The maximum absolute atomic E-state index is 8.47. The van der Waals surface area contributed by atoms with E-state index < -0.39 is 0 Å². The Kier molecular flexibility index (Phi) is 5.23. The average Bonchev–Trinajstić information content (AvgIpc) is 2.31. The van der Waals surface area contributed by atoms with E-state index in [1.807, 2.05) is 31.2 Å². The van der Waals surface area contributed by atoms with Crippen molar-refractivity contribution in [1.29, 1.82) is 5.26 Å². The summed E-state index contributed by atoms with van der Waals surface area (Å²) in [4.78, 5) is 4.53.